The van der Waals surface area contributed by atoms with Crippen molar-refractivity contribution < 1.29 is 0 Å². The molecule has 0 fully saturated rings. The van der Waals surface area contributed by atoms with Crippen LogP contribution in [0.1, 0.15) is 18.5 Å². The predicted octanol–water partition coefficient (Wildman–Crippen LogP) is 3.65. The Morgan fingerprint density at radius 2 is 1.96 bits per heavy atom. The van der Waals surface area contributed by atoms with E-state index < -0.39 is 0 Å². The molecular formula is C20H22N6. The van der Waals surface area contributed by atoms with Crippen LogP contribution >= 0.6 is 0 Å². The number of benzene rings is 1. The lowest BCUT2D eigenvalue weighted by molar-refractivity contribution is 0.321. The van der Waals surface area contributed by atoms with Crippen molar-refractivity contribution in [2.75, 3.05) is 14.1 Å². The third kappa shape index (κ3) is 2.78. The van der Waals surface area contributed by atoms with Gasteiger partial charge in [-0.25, -0.2) is 9.67 Å². The summed E-state index contributed by atoms with van der Waals surface area (Å²) in [5, 5.41) is 4.58. The van der Waals surface area contributed by atoms with Crippen molar-refractivity contribution in [1.29, 1.82) is 0 Å². The molecule has 0 radical (unpaired) electrons. The largest absolute Gasteiger partial charge is 0.335 e. The smallest absolute Gasteiger partial charge is 0.177 e. The first-order chi connectivity index (χ1) is 12.5. The number of imidazole rings is 1. The number of hydrogen-bond donors (Lipinski definition) is 1. The molecule has 0 spiro atoms. The van der Waals surface area contributed by atoms with Crippen LogP contribution in [-0.2, 0) is 7.05 Å². The zero-order chi connectivity index (χ0) is 18.3. The molecule has 3 heterocycles. The third-order valence-electron chi connectivity index (χ3n) is 4.80. The minimum absolute atomic E-state index is 0.338. The van der Waals surface area contributed by atoms with Gasteiger partial charge in [0.25, 0.3) is 0 Å². The number of H-pyrrole nitrogens is 1. The van der Waals surface area contributed by atoms with Crippen molar-refractivity contribution in [2.45, 2.75) is 13.0 Å². The van der Waals surface area contributed by atoms with Gasteiger partial charge in [0.15, 0.2) is 5.65 Å². The summed E-state index contributed by atoms with van der Waals surface area (Å²) < 4.78 is 1.80. The number of nitrogens with one attached hydrogen (secondary N) is 1. The molecule has 6 heteroatoms. The Kier molecular flexibility index (Phi) is 4.05. The summed E-state index contributed by atoms with van der Waals surface area (Å²) in [6.07, 6.45) is 1.78. The Labute approximate surface area is 152 Å². The lowest BCUT2D eigenvalue weighted by Crippen LogP contribution is -2.16. The molecule has 1 atom stereocenters. The molecule has 1 aromatic carbocycles. The van der Waals surface area contributed by atoms with Crippen LogP contribution in [0.2, 0.25) is 0 Å². The van der Waals surface area contributed by atoms with Gasteiger partial charge in [-0.15, -0.1) is 0 Å². The average molecular weight is 346 g/mol. The molecule has 1 unspecified atom stereocenters. The molecule has 132 valence electrons. The minimum Gasteiger partial charge on any atom is -0.335 e. The highest BCUT2D eigenvalue weighted by Crippen LogP contribution is 2.29. The lowest BCUT2D eigenvalue weighted by Gasteiger charge is -2.20. The van der Waals surface area contributed by atoms with Gasteiger partial charge in [0, 0.05) is 24.8 Å². The predicted molar refractivity (Wildman–Crippen MR) is 104 cm³/mol. The fraction of sp³-hybridized carbons (Fsp3) is 0.250. The summed E-state index contributed by atoms with van der Waals surface area (Å²) >= 11 is 0. The summed E-state index contributed by atoms with van der Waals surface area (Å²) in [5.74, 6) is 0.845. The number of aryl methyl sites for hydroxylation is 1. The highest BCUT2D eigenvalue weighted by atomic mass is 15.3. The van der Waals surface area contributed by atoms with E-state index in [1.165, 1.54) is 5.56 Å². The van der Waals surface area contributed by atoms with Crippen LogP contribution < -0.4 is 0 Å². The van der Waals surface area contributed by atoms with E-state index >= 15 is 0 Å². The maximum atomic E-state index is 4.78. The standard InChI is InChI=1S/C20H22N6/c1-13(25(2)3)14-8-7-9-15(12-14)19-22-18-17(16-10-5-6-11-21-16)24-26(4)20(18)23-19/h5-13H,1-4H3,(H,22,23). The zero-order valence-electron chi connectivity index (χ0n) is 15.4. The first-order valence-corrected chi connectivity index (χ1v) is 8.65. The van der Waals surface area contributed by atoms with Gasteiger partial charge in [0.05, 0.1) is 5.69 Å². The van der Waals surface area contributed by atoms with E-state index in [9.17, 15) is 0 Å². The number of hydrogen-bond acceptors (Lipinski definition) is 4. The molecule has 0 saturated heterocycles. The van der Waals surface area contributed by atoms with Gasteiger partial charge >= 0.3 is 0 Å². The van der Waals surface area contributed by atoms with Crippen molar-refractivity contribution in [3.8, 4) is 22.8 Å². The van der Waals surface area contributed by atoms with E-state index in [-0.39, 0.29) is 0 Å². The lowest BCUT2D eigenvalue weighted by atomic mass is 10.0. The van der Waals surface area contributed by atoms with Gasteiger partial charge in [-0.05, 0) is 44.8 Å². The summed E-state index contributed by atoms with van der Waals surface area (Å²) in [6.45, 7) is 2.20. The fourth-order valence-electron chi connectivity index (χ4n) is 3.07. The molecule has 1 N–H and O–H groups in total. The molecule has 0 aliphatic rings. The van der Waals surface area contributed by atoms with E-state index in [0.717, 1.165) is 33.9 Å². The number of aromatic nitrogens is 5. The molecule has 0 aliphatic carbocycles. The molecular weight excluding hydrogens is 324 g/mol. The molecule has 3 aromatic heterocycles. The van der Waals surface area contributed by atoms with Crippen molar-refractivity contribution in [2.24, 2.45) is 7.05 Å². The number of aromatic amines is 1. The van der Waals surface area contributed by atoms with Crippen LogP contribution in [0.5, 0.6) is 0 Å². The Balaban J connectivity index is 1.81. The highest BCUT2D eigenvalue weighted by Gasteiger charge is 2.17. The second kappa shape index (κ2) is 6.38. The summed E-state index contributed by atoms with van der Waals surface area (Å²) in [6, 6.07) is 14.7. The average Bonchev–Trinajstić information content (AvgIpc) is 3.23. The molecule has 0 aliphatic heterocycles. The maximum Gasteiger partial charge on any atom is 0.177 e. The van der Waals surface area contributed by atoms with E-state index in [1.54, 1.807) is 10.9 Å². The number of pyridine rings is 1. The minimum atomic E-state index is 0.338. The van der Waals surface area contributed by atoms with Gasteiger partial charge in [0.1, 0.15) is 17.0 Å². The van der Waals surface area contributed by atoms with E-state index in [2.05, 4.69) is 65.3 Å². The van der Waals surface area contributed by atoms with Crippen LogP contribution in [0.25, 0.3) is 33.9 Å². The first-order valence-electron chi connectivity index (χ1n) is 8.65. The maximum absolute atomic E-state index is 4.78. The fourth-order valence-corrected chi connectivity index (χ4v) is 3.07. The molecule has 0 saturated carbocycles. The topological polar surface area (TPSA) is 62.6 Å². The number of rotatable bonds is 4. The Morgan fingerprint density at radius 3 is 2.69 bits per heavy atom. The van der Waals surface area contributed by atoms with Crippen LogP contribution in [0.15, 0.2) is 48.7 Å². The first kappa shape index (κ1) is 16.5. The summed E-state index contributed by atoms with van der Waals surface area (Å²) in [5.41, 5.74) is 5.72. The monoisotopic (exact) mass is 346 g/mol. The third-order valence-corrected chi connectivity index (χ3v) is 4.80. The van der Waals surface area contributed by atoms with Gasteiger partial charge < -0.3 is 9.88 Å². The van der Waals surface area contributed by atoms with E-state index in [0.29, 0.717) is 6.04 Å². The van der Waals surface area contributed by atoms with E-state index in [4.69, 9.17) is 4.98 Å². The molecule has 26 heavy (non-hydrogen) atoms. The molecule has 0 amide bonds. The van der Waals surface area contributed by atoms with Crippen molar-refractivity contribution >= 4 is 11.2 Å². The van der Waals surface area contributed by atoms with Crippen LogP contribution in [0.4, 0.5) is 0 Å². The molecule has 4 aromatic rings. The van der Waals surface area contributed by atoms with E-state index in [1.807, 2.05) is 25.2 Å². The summed E-state index contributed by atoms with van der Waals surface area (Å²) in [4.78, 5) is 14.8. The van der Waals surface area contributed by atoms with Crippen molar-refractivity contribution in [3.63, 3.8) is 0 Å². The van der Waals surface area contributed by atoms with Crippen molar-refractivity contribution in [3.05, 3.63) is 54.2 Å². The molecule has 0 bridgehead atoms. The van der Waals surface area contributed by atoms with Crippen molar-refractivity contribution in [1.82, 2.24) is 29.6 Å². The second-order valence-electron chi connectivity index (χ2n) is 6.74. The SMILES string of the molecule is CC(c1cccc(-c2nc3c([nH]2)c(-c2ccccn2)nn3C)c1)N(C)C. The quantitative estimate of drug-likeness (QED) is 0.613. The molecule has 6 nitrogen and oxygen atoms in total. The van der Waals surface area contributed by atoms with Gasteiger partial charge in [-0.1, -0.05) is 24.3 Å². The number of fused-ring (bicyclic) bond motifs is 1. The highest BCUT2D eigenvalue weighted by molar-refractivity contribution is 5.89. The zero-order valence-corrected chi connectivity index (χ0v) is 15.4. The van der Waals surface area contributed by atoms with Gasteiger partial charge in [-0.3, -0.25) is 4.98 Å². The Hall–Kier alpha value is -2.99. The van der Waals surface area contributed by atoms with Gasteiger partial charge in [-0.2, -0.15) is 5.10 Å². The van der Waals surface area contributed by atoms with Crippen LogP contribution in [-0.4, -0.2) is 43.7 Å². The Bertz CT molecular complexity index is 1040. The second-order valence-corrected chi connectivity index (χ2v) is 6.74. The number of nitrogens with zero attached hydrogens (tertiary/aromatic N) is 5. The molecule has 4 rings (SSSR count). The van der Waals surface area contributed by atoms with Gasteiger partial charge in [0.2, 0.25) is 0 Å². The van der Waals surface area contributed by atoms with Crippen LogP contribution in [0.3, 0.4) is 0 Å². The normalized spacial score (nSPS) is 12.8. The Morgan fingerprint density at radius 1 is 1.12 bits per heavy atom. The van der Waals surface area contributed by atoms with Crippen LogP contribution in [0, 0.1) is 0 Å². The summed E-state index contributed by atoms with van der Waals surface area (Å²) in [7, 11) is 6.08.